The summed E-state index contributed by atoms with van der Waals surface area (Å²) in [5, 5.41) is 22.3. The topological polar surface area (TPSA) is 196 Å². The first-order valence-corrected chi connectivity index (χ1v) is 14.5. The van der Waals surface area contributed by atoms with E-state index in [1.54, 1.807) is 36.7 Å². The quantitative estimate of drug-likeness (QED) is 0.0405. The number of rotatable bonds is 17. The molecule has 0 saturated carbocycles. The molecule has 3 aromatic rings. The number of carboxylic acids is 1. The molecule has 0 spiro atoms. The van der Waals surface area contributed by atoms with Gasteiger partial charge in [-0.05, 0) is 66.6 Å². The van der Waals surface area contributed by atoms with Gasteiger partial charge in [-0.15, -0.1) is 0 Å². The second-order valence-electron chi connectivity index (χ2n) is 9.73. The van der Waals surface area contributed by atoms with Crippen molar-refractivity contribution in [2.75, 3.05) is 11.5 Å². The largest absolute Gasteiger partial charge is 0.481 e. The van der Waals surface area contributed by atoms with E-state index in [9.17, 15) is 19.5 Å². The van der Waals surface area contributed by atoms with Crippen LogP contribution >= 0.6 is 11.9 Å². The van der Waals surface area contributed by atoms with E-state index in [-0.39, 0.29) is 31.1 Å². The zero-order chi connectivity index (χ0) is 30.3. The van der Waals surface area contributed by atoms with E-state index in [2.05, 4.69) is 20.3 Å². The Labute approximate surface area is 249 Å². The van der Waals surface area contributed by atoms with Crippen LogP contribution in [0, 0.1) is 5.41 Å². The lowest BCUT2D eigenvalue weighted by molar-refractivity contribution is -0.138. The number of aromatic nitrogens is 1. The van der Waals surface area contributed by atoms with Crippen molar-refractivity contribution in [3.8, 4) is 0 Å². The van der Waals surface area contributed by atoms with Crippen molar-refractivity contribution in [1.29, 1.82) is 5.41 Å². The molecule has 11 nitrogen and oxygen atoms in total. The number of anilines is 1. The van der Waals surface area contributed by atoms with E-state index in [1.807, 2.05) is 36.4 Å². The van der Waals surface area contributed by atoms with Crippen LogP contribution in [-0.2, 0) is 33.8 Å². The number of nitrogens with one attached hydrogen (secondary N) is 4. The number of carbonyl (C=O) groups excluding carboxylic acids is 2. The van der Waals surface area contributed by atoms with Gasteiger partial charge in [0.05, 0.1) is 6.04 Å². The predicted octanol–water partition coefficient (Wildman–Crippen LogP) is 2.40. The first-order chi connectivity index (χ1) is 20.2. The SMILES string of the molecule is N=C(N)c1ccc(CNC(=O)C(CCC(=O)O)NC(=O)C(CCc2ccncc2)NSCCc2ccc(N)cc2)cc1. The maximum atomic E-state index is 13.4. The third-order valence-electron chi connectivity index (χ3n) is 6.50. The molecular weight excluding hydrogens is 554 g/mol. The number of benzene rings is 2. The number of carboxylic acid groups (broad SMARTS) is 1. The number of nitrogens with zero attached hydrogens (tertiary/aromatic N) is 1. The van der Waals surface area contributed by atoms with Gasteiger partial charge < -0.3 is 27.2 Å². The Hall–Kier alpha value is -4.42. The van der Waals surface area contributed by atoms with E-state index in [0.29, 0.717) is 29.8 Å². The maximum Gasteiger partial charge on any atom is 0.303 e. The minimum absolute atomic E-state index is 0.0578. The fraction of sp³-hybridized carbons (Fsp3) is 0.300. The Kier molecular flexibility index (Phi) is 12.8. The van der Waals surface area contributed by atoms with Crippen molar-refractivity contribution in [1.82, 2.24) is 20.3 Å². The highest BCUT2D eigenvalue weighted by atomic mass is 32.2. The number of hydrogen-bond acceptors (Lipinski definition) is 8. The van der Waals surface area contributed by atoms with E-state index in [4.69, 9.17) is 16.9 Å². The molecule has 1 heterocycles. The molecule has 3 rings (SSSR count). The van der Waals surface area contributed by atoms with Crippen LogP contribution in [0.3, 0.4) is 0 Å². The first-order valence-electron chi connectivity index (χ1n) is 13.5. The Morgan fingerprint density at radius 1 is 0.857 bits per heavy atom. The van der Waals surface area contributed by atoms with Crippen molar-refractivity contribution >= 4 is 41.3 Å². The normalized spacial score (nSPS) is 12.2. The Morgan fingerprint density at radius 2 is 1.50 bits per heavy atom. The number of carbonyl (C=O) groups is 3. The lowest BCUT2D eigenvalue weighted by Crippen LogP contribution is -2.52. The lowest BCUT2D eigenvalue weighted by Gasteiger charge is -2.23. The molecule has 0 fully saturated rings. The zero-order valence-electron chi connectivity index (χ0n) is 23.2. The fourth-order valence-electron chi connectivity index (χ4n) is 4.04. The number of hydrogen-bond donors (Lipinski definition) is 7. The second kappa shape index (κ2) is 16.7. The number of amides is 2. The highest BCUT2D eigenvalue weighted by molar-refractivity contribution is 7.97. The summed E-state index contributed by atoms with van der Waals surface area (Å²) in [6.07, 6.45) is 4.88. The fourth-order valence-corrected chi connectivity index (χ4v) is 4.92. The molecule has 0 aliphatic heterocycles. The van der Waals surface area contributed by atoms with Gasteiger partial charge in [0.15, 0.2) is 0 Å². The summed E-state index contributed by atoms with van der Waals surface area (Å²) in [7, 11) is 0. The van der Waals surface area contributed by atoms with E-state index in [1.165, 1.54) is 11.9 Å². The molecule has 0 saturated heterocycles. The van der Waals surface area contributed by atoms with Gasteiger partial charge in [0.2, 0.25) is 11.8 Å². The van der Waals surface area contributed by atoms with Gasteiger partial charge >= 0.3 is 5.97 Å². The van der Waals surface area contributed by atoms with Gasteiger partial charge in [0.1, 0.15) is 11.9 Å². The van der Waals surface area contributed by atoms with Gasteiger partial charge in [0, 0.05) is 42.4 Å². The van der Waals surface area contributed by atoms with E-state index >= 15 is 0 Å². The van der Waals surface area contributed by atoms with E-state index < -0.39 is 24.0 Å². The molecule has 2 aromatic carbocycles. The summed E-state index contributed by atoms with van der Waals surface area (Å²) >= 11 is 1.42. The molecule has 0 aliphatic carbocycles. The van der Waals surface area contributed by atoms with Gasteiger partial charge in [-0.3, -0.25) is 29.5 Å². The monoisotopic (exact) mass is 591 g/mol. The number of amidine groups is 1. The molecule has 2 amide bonds. The van der Waals surface area contributed by atoms with Crippen molar-refractivity contribution in [2.45, 2.75) is 50.7 Å². The molecule has 0 aliphatic rings. The maximum absolute atomic E-state index is 13.4. The highest BCUT2D eigenvalue weighted by Gasteiger charge is 2.26. The summed E-state index contributed by atoms with van der Waals surface area (Å²) in [6, 6.07) is 16.6. The van der Waals surface area contributed by atoms with Crippen LogP contribution in [0.1, 0.15) is 41.5 Å². The molecule has 0 radical (unpaired) electrons. The number of aliphatic carboxylic acids is 1. The molecule has 9 N–H and O–H groups in total. The average molecular weight is 592 g/mol. The number of pyridine rings is 1. The molecule has 2 atom stereocenters. The Bertz CT molecular complexity index is 1320. The summed E-state index contributed by atoms with van der Waals surface area (Å²) < 4.78 is 3.24. The van der Waals surface area contributed by atoms with Crippen molar-refractivity contribution < 1.29 is 19.5 Å². The smallest absolute Gasteiger partial charge is 0.303 e. The minimum atomic E-state index is -1.06. The molecule has 222 valence electrons. The van der Waals surface area contributed by atoms with Crippen LogP contribution < -0.4 is 26.8 Å². The third-order valence-corrected chi connectivity index (χ3v) is 7.36. The molecule has 2 unspecified atom stereocenters. The van der Waals surface area contributed by atoms with Gasteiger partial charge in [-0.25, -0.2) is 0 Å². The van der Waals surface area contributed by atoms with Crippen LogP contribution in [-0.4, -0.2) is 51.5 Å². The minimum Gasteiger partial charge on any atom is -0.481 e. The van der Waals surface area contributed by atoms with Crippen LogP contribution in [0.4, 0.5) is 5.69 Å². The van der Waals surface area contributed by atoms with Crippen LogP contribution in [0.25, 0.3) is 0 Å². The third kappa shape index (κ3) is 11.2. The molecule has 0 bridgehead atoms. The molecular formula is C30H37N7O4S. The molecule has 42 heavy (non-hydrogen) atoms. The Morgan fingerprint density at radius 3 is 2.14 bits per heavy atom. The van der Waals surface area contributed by atoms with Gasteiger partial charge in [0.25, 0.3) is 0 Å². The Balaban J connectivity index is 1.63. The summed E-state index contributed by atoms with van der Waals surface area (Å²) in [6.45, 7) is 0.168. The van der Waals surface area contributed by atoms with E-state index in [0.717, 1.165) is 23.1 Å². The van der Waals surface area contributed by atoms with Crippen molar-refractivity contribution in [2.24, 2.45) is 5.73 Å². The standard InChI is InChI=1S/C30H37N7O4S/c31-24-8-3-20(4-9-24)15-18-42-37-26(10-5-21-13-16-34-17-14-21)30(41)36-25(11-12-27(38)39)29(40)35-19-22-1-6-23(7-2-22)28(32)33/h1-4,6-9,13-14,16-17,25-26,37H,5,10-12,15,18-19,31H2,(H3,32,33)(H,35,40)(H,36,41)(H,38,39). The molecule has 1 aromatic heterocycles. The average Bonchev–Trinajstić information content (AvgIpc) is 2.99. The van der Waals surface area contributed by atoms with Gasteiger partial charge in [-0.2, -0.15) is 0 Å². The predicted molar refractivity (Wildman–Crippen MR) is 165 cm³/mol. The first kappa shape index (κ1) is 32.1. The van der Waals surface area contributed by atoms with Crippen molar-refractivity contribution in [3.05, 3.63) is 95.3 Å². The van der Waals surface area contributed by atoms with Crippen LogP contribution in [0.5, 0.6) is 0 Å². The number of aryl methyl sites for hydroxylation is 2. The summed E-state index contributed by atoms with van der Waals surface area (Å²) in [4.78, 5) is 41.8. The molecule has 12 heteroatoms. The number of nitrogen functional groups attached to an aromatic ring is 2. The van der Waals surface area contributed by atoms with Crippen molar-refractivity contribution in [3.63, 3.8) is 0 Å². The second-order valence-corrected chi connectivity index (χ2v) is 10.7. The summed E-state index contributed by atoms with van der Waals surface area (Å²) in [5.41, 5.74) is 15.4. The van der Waals surface area contributed by atoms with Crippen LogP contribution in [0.15, 0.2) is 73.1 Å². The highest BCUT2D eigenvalue weighted by Crippen LogP contribution is 2.12. The summed E-state index contributed by atoms with van der Waals surface area (Å²) in [5.74, 6) is -1.29. The number of nitrogens with two attached hydrogens (primary N) is 2. The van der Waals surface area contributed by atoms with Crippen LogP contribution in [0.2, 0.25) is 0 Å². The zero-order valence-corrected chi connectivity index (χ0v) is 24.0. The van der Waals surface area contributed by atoms with Gasteiger partial charge in [-0.1, -0.05) is 48.3 Å². The lowest BCUT2D eigenvalue weighted by atomic mass is 10.0.